The van der Waals surface area contributed by atoms with Gasteiger partial charge in [0.1, 0.15) is 0 Å². The highest BCUT2D eigenvalue weighted by atomic mass is 15.2. The van der Waals surface area contributed by atoms with Crippen LogP contribution in [0.2, 0.25) is 0 Å². The summed E-state index contributed by atoms with van der Waals surface area (Å²) >= 11 is 0. The molecule has 1 heterocycles. The Balaban J connectivity index is 0. The highest BCUT2D eigenvalue weighted by Gasteiger charge is 2.13. The molecule has 0 amide bonds. The number of hydrogen-bond acceptors (Lipinski definition) is 2. The van der Waals surface area contributed by atoms with Crippen molar-refractivity contribution in [2.24, 2.45) is 0 Å². The molecule has 2 nitrogen and oxygen atoms in total. The van der Waals surface area contributed by atoms with Crippen molar-refractivity contribution in [3.05, 3.63) is 60.2 Å². The van der Waals surface area contributed by atoms with Gasteiger partial charge in [0.05, 0.1) is 0 Å². The smallest absolute Gasteiger partial charge is 0.0235 e. The number of hydrogen-bond donors (Lipinski definition) is 0. The molecule has 0 unspecified atom stereocenters. The maximum atomic E-state index is 2.55. The first-order valence-electron chi connectivity index (χ1n) is 11.4. The number of likely N-dealkylation sites (N-methyl/N-ethyl adjacent to an activating group) is 1. The van der Waals surface area contributed by atoms with Gasteiger partial charge in [-0.25, -0.2) is 0 Å². The van der Waals surface area contributed by atoms with Crippen molar-refractivity contribution >= 4 is 0 Å². The summed E-state index contributed by atoms with van der Waals surface area (Å²) < 4.78 is 0. The molecule has 3 rings (SSSR count). The molecule has 2 heteroatoms. The fraction of sp³-hybridized carbons (Fsp3) is 0.538. The zero-order chi connectivity index (χ0) is 21.8. The van der Waals surface area contributed by atoms with E-state index in [0.717, 1.165) is 6.54 Å². The molecule has 1 saturated heterocycles. The standard InChI is InChI=1S/C18H22N2.4C2H6/c1-19-10-12-20(13-11-19)15-16-6-5-9-18(14-16)17-7-3-2-4-8-17;4*1-2/h2-9,14H,10-13,15H2,1H3;4*1-2H3. The Labute approximate surface area is 176 Å². The van der Waals surface area contributed by atoms with Crippen molar-refractivity contribution in [1.82, 2.24) is 9.80 Å². The minimum Gasteiger partial charge on any atom is -0.304 e. The van der Waals surface area contributed by atoms with Crippen molar-refractivity contribution in [3.8, 4) is 11.1 Å². The Hall–Kier alpha value is -1.64. The molecule has 0 saturated carbocycles. The van der Waals surface area contributed by atoms with E-state index in [2.05, 4.69) is 71.4 Å². The van der Waals surface area contributed by atoms with Crippen molar-refractivity contribution in [2.45, 2.75) is 61.9 Å². The predicted octanol–water partition coefficient (Wildman–Crippen LogP) is 7.21. The van der Waals surface area contributed by atoms with Crippen LogP contribution in [0, 0.1) is 0 Å². The summed E-state index contributed by atoms with van der Waals surface area (Å²) in [6.45, 7) is 21.8. The summed E-state index contributed by atoms with van der Waals surface area (Å²) in [5.41, 5.74) is 4.03. The highest BCUT2D eigenvalue weighted by molar-refractivity contribution is 5.63. The minimum absolute atomic E-state index is 1.06. The number of piperazine rings is 1. The maximum absolute atomic E-state index is 2.55. The Kier molecular flexibility index (Phi) is 20.5. The van der Waals surface area contributed by atoms with E-state index in [4.69, 9.17) is 0 Å². The molecule has 1 aliphatic rings. The lowest BCUT2D eigenvalue weighted by Gasteiger charge is -2.32. The Bertz CT molecular complexity index is 543. The van der Waals surface area contributed by atoms with E-state index in [9.17, 15) is 0 Å². The van der Waals surface area contributed by atoms with Crippen LogP contribution in [0.1, 0.15) is 61.0 Å². The summed E-state index contributed by atoms with van der Waals surface area (Å²) in [5, 5.41) is 0. The van der Waals surface area contributed by atoms with Crippen molar-refractivity contribution in [1.29, 1.82) is 0 Å². The molecule has 0 aliphatic carbocycles. The third-order valence-corrected chi connectivity index (χ3v) is 4.04. The third-order valence-electron chi connectivity index (χ3n) is 4.04. The molecule has 0 spiro atoms. The molecule has 0 bridgehead atoms. The van der Waals surface area contributed by atoms with Gasteiger partial charge in [0.15, 0.2) is 0 Å². The largest absolute Gasteiger partial charge is 0.304 e. The lowest BCUT2D eigenvalue weighted by Crippen LogP contribution is -2.43. The summed E-state index contributed by atoms with van der Waals surface area (Å²) in [4.78, 5) is 4.95. The van der Waals surface area contributed by atoms with Crippen molar-refractivity contribution in [3.63, 3.8) is 0 Å². The van der Waals surface area contributed by atoms with Gasteiger partial charge >= 0.3 is 0 Å². The predicted molar refractivity (Wildman–Crippen MR) is 130 cm³/mol. The summed E-state index contributed by atoms with van der Waals surface area (Å²) in [5.74, 6) is 0. The fourth-order valence-electron chi connectivity index (χ4n) is 2.74. The first-order valence-corrected chi connectivity index (χ1v) is 11.4. The third kappa shape index (κ3) is 11.3. The molecule has 0 radical (unpaired) electrons. The van der Waals surface area contributed by atoms with E-state index < -0.39 is 0 Å². The molecular formula is C26H46N2. The van der Waals surface area contributed by atoms with Crippen LogP contribution in [0.25, 0.3) is 11.1 Å². The SMILES string of the molecule is CC.CC.CC.CC.CN1CCN(Cc2cccc(-c3ccccc3)c2)CC1. The van der Waals surface area contributed by atoms with Gasteiger partial charge < -0.3 is 4.90 Å². The highest BCUT2D eigenvalue weighted by Crippen LogP contribution is 2.20. The molecule has 0 atom stereocenters. The maximum Gasteiger partial charge on any atom is 0.0235 e. The van der Waals surface area contributed by atoms with Crippen molar-refractivity contribution in [2.75, 3.05) is 33.2 Å². The molecule has 2 aromatic rings. The second-order valence-corrected chi connectivity index (χ2v) is 5.65. The summed E-state index contributed by atoms with van der Waals surface area (Å²) in [6, 6.07) is 19.6. The first kappa shape index (κ1) is 28.6. The molecule has 160 valence electrons. The second-order valence-electron chi connectivity index (χ2n) is 5.65. The summed E-state index contributed by atoms with van der Waals surface area (Å²) in [6.07, 6.45) is 0. The van der Waals surface area contributed by atoms with Crippen LogP contribution in [0.15, 0.2) is 54.6 Å². The van der Waals surface area contributed by atoms with E-state index in [-0.39, 0.29) is 0 Å². The molecular weight excluding hydrogens is 340 g/mol. The minimum atomic E-state index is 1.06. The molecule has 0 N–H and O–H groups in total. The Morgan fingerprint density at radius 1 is 0.607 bits per heavy atom. The average Bonchev–Trinajstić information content (AvgIpc) is 2.81. The van der Waals surface area contributed by atoms with E-state index in [1.165, 1.54) is 42.9 Å². The molecule has 28 heavy (non-hydrogen) atoms. The van der Waals surface area contributed by atoms with Gasteiger partial charge in [0.2, 0.25) is 0 Å². The molecule has 0 aromatic heterocycles. The van der Waals surface area contributed by atoms with Crippen LogP contribution in [-0.2, 0) is 6.54 Å². The summed E-state index contributed by atoms with van der Waals surface area (Å²) in [7, 11) is 2.20. The molecule has 2 aromatic carbocycles. The number of nitrogens with zero attached hydrogens (tertiary/aromatic N) is 2. The van der Waals surface area contributed by atoms with Gasteiger partial charge in [-0.2, -0.15) is 0 Å². The number of rotatable bonds is 3. The zero-order valence-corrected chi connectivity index (χ0v) is 20.1. The normalized spacial score (nSPS) is 13.2. The van der Waals surface area contributed by atoms with Gasteiger partial charge in [-0.3, -0.25) is 4.90 Å². The second kappa shape index (κ2) is 20.1. The quantitative estimate of drug-likeness (QED) is 0.550. The number of benzene rings is 2. The monoisotopic (exact) mass is 386 g/mol. The Morgan fingerprint density at radius 2 is 1.11 bits per heavy atom. The fourth-order valence-corrected chi connectivity index (χ4v) is 2.74. The van der Waals surface area contributed by atoms with E-state index in [1.54, 1.807) is 0 Å². The van der Waals surface area contributed by atoms with Gasteiger partial charge in [-0.1, -0.05) is 104 Å². The lowest BCUT2D eigenvalue weighted by atomic mass is 10.0. The van der Waals surface area contributed by atoms with Gasteiger partial charge in [-0.15, -0.1) is 0 Å². The zero-order valence-electron chi connectivity index (χ0n) is 20.1. The van der Waals surface area contributed by atoms with E-state index >= 15 is 0 Å². The van der Waals surface area contributed by atoms with Crippen molar-refractivity contribution < 1.29 is 0 Å². The van der Waals surface area contributed by atoms with Crippen LogP contribution in [0.4, 0.5) is 0 Å². The first-order chi connectivity index (χ1) is 13.8. The average molecular weight is 387 g/mol. The van der Waals surface area contributed by atoms with E-state index in [0.29, 0.717) is 0 Å². The van der Waals surface area contributed by atoms with Crippen LogP contribution in [-0.4, -0.2) is 43.0 Å². The van der Waals surface area contributed by atoms with Gasteiger partial charge in [-0.05, 0) is 29.8 Å². The topological polar surface area (TPSA) is 6.48 Å². The Morgan fingerprint density at radius 3 is 1.64 bits per heavy atom. The molecule has 1 fully saturated rings. The van der Waals surface area contributed by atoms with Crippen LogP contribution < -0.4 is 0 Å². The van der Waals surface area contributed by atoms with Gasteiger partial charge in [0.25, 0.3) is 0 Å². The molecule has 1 aliphatic heterocycles. The van der Waals surface area contributed by atoms with Crippen LogP contribution >= 0.6 is 0 Å². The van der Waals surface area contributed by atoms with E-state index in [1.807, 2.05) is 55.4 Å². The van der Waals surface area contributed by atoms with Crippen LogP contribution in [0.3, 0.4) is 0 Å². The van der Waals surface area contributed by atoms with Crippen LogP contribution in [0.5, 0.6) is 0 Å². The van der Waals surface area contributed by atoms with Gasteiger partial charge in [0, 0.05) is 32.7 Å². The lowest BCUT2D eigenvalue weighted by molar-refractivity contribution is 0.148.